The number of carboxylic acid groups (broad SMARTS) is 1. The van der Waals surface area contributed by atoms with E-state index in [4.69, 9.17) is 16.7 Å². The Hall–Kier alpha value is -0.650. The molecular weight excluding hydrogens is 248 g/mol. The zero-order valence-electron chi connectivity index (χ0n) is 8.73. The van der Waals surface area contributed by atoms with E-state index in [0.717, 1.165) is 24.4 Å². The summed E-state index contributed by atoms with van der Waals surface area (Å²) in [6.45, 7) is 2.27. The second-order valence-electron chi connectivity index (χ2n) is 3.97. The Balaban J connectivity index is 1.92. The molecule has 2 rings (SSSR count). The van der Waals surface area contributed by atoms with Crippen molar-refractivity contribution in [1.29, 1.82) is 0 Å². The summed E-state index contributed by atoms with van der Waals surface area (Å²) in [5.41, 5.74) is 0. The quantitative estimate of drug-likeness (QED) is 0.904. The summed E-state index contributed by atoms with van der Waals surface area (Å²) in [6, 6.07) is 0. The molecule has 0 aliphatic carbocycles. The van der Waals surface area contributed by atoms with Crippen LogP contribution in [0.2, 0.25) is 4.34 Å². The topological polar surface area (TPSA) is 53.4 Å². The third kappa shape index (κ3) is 2.93. The molecule has 4 nitrogen and oxygen atoms in total. The Morgan fingerprint density at radius 2 is 2.56 bits per heavy atom. The van der Waals surface area contributed by atoms with Crippen molar-refractivity contribution < 1.29 is 9.90 Å². The Morgan fingerprint density at radius 1 is 1.75 bits per heavy atom. The first-order valence-electron chi connectivity index (χ1n) is 5.20. The van der Waals surface area contributed by atoms with Crippen LogP contribution in [0.1, 0.15) is 17.8 Å². The van der Waals surface area contributed by atoms with Crippen molar-refractivity contribution in [3.8, 4) is 0 Å². The molecule has 1 fully saturated rings. The van der Waals surface area contributed by atoms with Gasteiger partial charge in [-0.1, -0.05) is 11.6 Å². The first-order valence-corrected chi connectivity index (χ1v) is 6.40. The summed E-state index contributed by atoms with van der Waals surface area (Å²) in [6.07, 6.45) is 3.36. The van der Waals surface area contributed by atoms with Gasteiger partial charge < -0.3 is 5.11 Å². The standard InChI is InChI=1S/C10H13ClN2O2S/c11-8-4-12-9(16-8)6-13-3-1-2-7(5-13)10(14)15/h4,7H,1-3,5-6H2,(H,14,15). The fraction of sp³-hybridized carbons (Fsp3) is 0.600. The smallest absolute Gasteiger partial charge is 0.307 e. The predicted octanol–water partition coefficient (Wildman–Crippen LogP) is 2.09. The van der Waals surface area contributed by atoms with Crippen molar-refractivity contribution in [3.05, 3.63) is 15.5 Å². The first-order chi connectivity index (χ1) is 7.65. The minimum Gasteiger partial charge on any atom is -0.481 e. The number of carboxylic acids is 1. The lowest BCUT2D eigenvalue weighted by atomic mass is 9.98. The van der Waals surface area contributed by atoms with Crippen molar-refractivity contribution in [2.75, 3.05) is 13.1 Å². The molecular formula is C10H13ClN2O2S. The summed E-state index contributed by atoms with van der Waals surface area (Å²) in [5, 5.41) is 9.92. The normalized spacial score (nSPS) is 22.2. The number of rotatable bonds is 3. The average Bonchev–Trinajstić information content (AvgIpc) is 2.64. The van der Waals surface area contributed by atoms with Gasteiger partial charge in [0.05, 0.1) is 18.7 Å². The van der Waals surface area contributed by atoms with Gasteiger partial charge >= 0.3 is 5.97 Å². The summed E-state index contributed by atoms with van der Waals surface area (Å²) in [5.74, 6) is -0.925. The third-order valence-corrected chi connectivity index (χ3v) is 3.84. The Morgan fingerprint density at radius 3 is 3.19 bits per heavy atom. The van der Waals surface area contributed by atoms with Crippen LogP contribution in [0.25, 0.3) is 0 Å². The lowest BCUT2D eigenvalue weighted by Crippen LogP contribution is -2.38. The molecule has 1 saturated heterocycles. The number of nitrogens with zero attached hydrogens (tertiary/aromatic N) is 2. The predicted molar refractivity (Wildman–Crippen MR) is 62.8 cm³/mol. The Bertz CT molecular complexity index is 383. The Labute approximate surface area is 103 Å². The van der Waals surface area contributed by atoms with E-state index in [1.807, 2.05) is 0 Å². The summed E-state index contributed by atoms with van der Waals surface area (Å²) >= 11 is 7.26. The van der Waals surface area contributed by atoms with E-state index < -0.39 is 5.97 Å². The van der Waals surface area contributed by atoms with Crippen molar-refractivity contribution >= 4 is 28.9 Å². The van der Waals surface area contributed by atoms with Gasteiger partial charge in [0.25, 0.3) is 0 Å². The molecule has 0 amide bonds. The van der Waals surface area contributed by atoms with Gasteiger partial charge in [-0.3, -0.25) is 9.69 Å². The van der Waals surface area contributed by atoms with Crippen molar-refractivity contribution in [2.45, 2.75) is 19.4 Å². The highest BCUT2D eigenvalue weighted by Crippen LogP contribution is 2.23. The number of likely N-dealkylation sites (tertiary alicyclic amines) is 1. The largest absolute Gasteiger partial charge is 0.481 e. The maximum Gasteiger partial charge on any atom is 0.307 e. The zero-order chi connectivity index (χ0) is 11.5. The lowest BCUT2D eigenvalue weighted by molar-refractivity contribution is -0.143. The molecule has 0 aromatic carbocycles. The van der Waals surface area contributed by atoms with Gasteiger partial charge in [0, 0.05) is 6.54 Å². The van der Waals surface area contributed by atoms with Crippen LogP contribution in [0.15, 0.2) is 6.20 Å². The molecule has 1 atom stereocenters. The molecule has 0 saturated carbocycles. The van der Waals surface area contributed by atoms with Crippen molar-refractivity contribution in [2.24, 2.45) is 5.92 Å². The number of thiazole rings is 1. The summed E-state index contributed by atoms with van der Waals surface area (Å²) in [4.78, 5) is 17.2. The summed E-state index contributed by atoms with van der Waals surface area (Å²) < 4.78 is 0.682. The van der Waals surface area contributed by atoms with Crippen LogP contribution in [0.4, 0.5) is 0 Å². The number of hydrogen-bond donors (Lipinski definition) is 1. The van der Waals surface area contributed by atoms with E-state index in [1.54, 1.807) is 6.20 Å². The van der Waals surface area contributed by atoms with E-state index in [2.05, 4.69) is 9.88 Å². The van der Waals surface area contributed by atoms with Crippen LogP contribution in [0, 0.1) is 5.92 Å². The van der Waals surface area contributed by atoms with Crippen LogP contribution < -0.4 is 0 Å². The van der Waals surface area contributed by atoms with E-state index in [0.29, 0.717) is 17.4 Å². The molecule has 88 valence electrons. The molecule has 0 radical (unpaired) electrons. The molecule has 1 unspecified atom stereocenters. The third-order valence-electron chi connectivity index (χ3n) is 2.74. The maximum atomic E-state index is 10.9. The molecule has 1 aliphatic heterocycles. The monoisotopic (exact) mass is 260 g/mol. The highest BCUT2D eigenvalue weighted by Gasteiger charge is 2.25. The second kappa shape index (κ2) is 5.12. The lowest BCUT2D eigenvalue weighted by Gasteiger charge is -2.29. The van der Waals surface area contributed by atoms with Crippen LogP contribution in [-0.2, 0) is 11.3 Å². The van der Waals surface area contributed by atoms with E-state index in [-0.39, 0.29) is 5.92 Å². The molecule has 1 N–H and O–H groups in total. The number of carbonyl (C=O) groups is 1. The first kappa shape index (κ1) is 11.8. The van der Waals surface area contributed by atoms with E-state index in [9.17, 15) is 4.79 Å². The second-order valence-corrected chi connectivity index (χ2v) is 5.72. The minimum absolute atomic E-state index is 0.232. The number of hydrogen-bond acceptors (Lipinski definition) is 4. The van der Waals surface area contributed by atoms with Gasteiger partial charge in [-0.25, -0.2) is 4.98 Å². The van der Waals surface area contributed by atoms with Crippen LogP contribution in [-0.4, -0.2) is 34.0 Å². The van der Waals surface area contributed by atoms with Gasteiger partial charge in [0.1, 0.15) is 9.34 Å². The average molecular weight is 261 g/mol. The molecule has 16 heavy (non-hydrogen) atoms. The van der Waals surface area contributed by atoms with E-state index in [1.165, 1.54) is 11.3 Å². The molecule has 1 aromatic rings. The van der Waals surface area contributed by atoms with Crippen LogP contribution >= 0.6 is 22.9 Å². The molecule has 0 spiro atoms. The molecule has 1 aromatic heterocycles. The Kier molecular flexibility index (Phi) is 3.78. The molecule has 6 heteroatoms. The number of aliphatic carboxylic acids is 1. The maximum absolute atomic E-state index is 10.9. The van der Waals surface area contributed by atoms with Gasteiger partial charge in [-0.05, 0) is 19.4 Å². The fourth-order valence-corrected chi connectivity index (χ4v) is 2.95. The van der Waals surface area contributed by atoms with Gasteiger partial charge in [-0.15, -0.1) is 11.3 Å². The van der Waals surface area contributed by atoms with Gasteiger partial charge in [0.2, 0.25) is 0 Å². The minimum atomic E-state index is -0.693. The van der Waals surface area contributed by atoms with Crippen LogP contribution in [0.5, 0.6) is 0 Å². The van der Waals surface area contributed by atoms with Crippen LogP contribution in [0.3, 0.4) is 0 Å². The molecule has 2 heterocycles. The van der Waals surface area contributed by atoms with E-state index >= 15 is 0 Å². The fourth-order valence-electron chi connectivity index (χ4n) is 1.95. The molecule has 1 aliphatic rings. The van der Waals surface area contributed by atoms with Crippen molar-refractivity contribution in [1.82, 2.24) is 9.88 Å². The highest BCUT2D eigenvalue weighted by atomic mass is 35.5. The van der Waals surface area contributed by atoms with Crippen molar-refractivity contribution in [3.63, 3.8) is 0 Å². The number of halogens is 1. The number of piperidine rings is 1. The van der Waals surface area contributed by atoms with Gasteiger partial charge in [0.15, 0.2) is 0 Å². The highest BCUT2D eigenvalue weighted by molar-refractivity contribution is 7.15. The molecule has 0 bridgehead atoms. The summed E-state index contributed by atoms with van der Waals surface area (Å²) in [7, 11) is 0. The SMILES string of the molecule is O=C(O)C1CCCN(Cc2ncc(Cl)s2)C1. The zero-order valence-corrected chi connectivity index (χ0v) is 10.3. The van der Waals surface area contributed by atoms with Gasteiger partial charge in [-0.2, -0.15) is 0 Å². The number of aromatic nitrogens is 1.